The summed E-state index contributed by atoms with van der Waals surface area (Å²) in [5.74, 6) is -0.102. The first-order chi connectivity index (χ1) is 8.04. The van der Waals surface area contributed by atoms with Crippen molar-refractivity contribution in [2.75, 3.05) is 6.61 Å². The summed E-state index contributed by atoms with van der Waals surface area (Å²) in [6, 6.07) is 5.12. The second-order valence-electron chi connectivity index (χ2n) is 4.41. The Balaban J connectivity index is 1.96. The lowest BCUT2D eigenvalue weighted by Gasteiger charge is -2.14. The topological polar surface area (TPSA) is 49.3 Å². The first-order valence-corrected chi connectivity index (χ1v) is 6.16. The van der Waals surface area contributed by atoms with E-state index in [2.05, 4.69) is 5.32 Å². The Morgan fingerprint density at radius 2 is 2.06 bits per heavy atom. The van der Waals surface area contributed by atoms with Gasteiger partial charge in [-0.1, -0.05) is 29.3 Å². The lowest BCUT2D eigenvalue weighted by molar-refractivity contribution is -0.121. The van der Waals surface area contributed by atoms with Crippen LogP contribution in [0.15, 0.2) is 18.2 Å². The van der Waals surface area contributed by atoms with Crippen molar-refractivity contribution in [1.82, 2.24) is 5.32 Å². The van der Waals surface area contributed by atoms with Crippen LogP contribution in [0.5, 0.6) is 0 Å². The van der Waals surface area contributed by atoms with Crippen LogP contribution in [-0.2, 0) is 11.2 Å². The quantitative estimate of drug-likeness (QED) is 0.884. The molecule has 1 amide bonds. The summed E-state index contributed by atoms with van der Waals surface area (Å²) in [6.07, 6.45) is 1.94. The molecule has 1 aliphatic carbocycles. The molecule has 17 heavy (non-hydrogen) atoms. The summed E-state index contributed by atoms with van der Waals surface area (Å²) in [4.78, 5) is 11.7. The molecule has 0 atom stereocenters. The number of halogens is 2. The van der Waals surface area contributed by atoms with Gasteiger partial charge in [0.1, 0.15) is 0 Å². The molecular formula is C12H13Cl2NO2. The second-order valence-corrected chi connectivity index (χ2v) is 5.23. The zero-order valence-electron chi connectivity index (χ0n) is 9.17. The van der Waals surface area contributed by atoms with Crippen LogP contribution in [0.2, 0.25) is 10.0 Å². The van der Waals surface area contributed by atoms with Gasteiger partial charge in [0.25, 0.3) is 0 Å². The predicted octanol–water partition coefficient (Wildman–Crippen LogP) is 2.18. The van der Waals surface area contributed by atoms with Crippen LogP contribution < -0.4 is 5.32 Å². The molecule has 0 aliphatic heterocycles. The van der Waals surface area contributed by atoms with Crippen molar-refractivity contribution in [3.8, 4) is 0 Å². The molecule has 0 aromatic heterocycles. The Labute approximate surface area is 110 Å². The van der Waals surface area contributed by atoms with Crippen LogP contribution in [0.4, 0.5) is 0 Å². The Hall–Kier alpha value is -0.770. The predicted molar refractivity (Wildman–Crippen MR) is 67.4 cm³/mol. The highest BCUT2D eigenvalue weighted by Crippen LogP contribution is 2.34. The van der Waals surface area contributed by atoms with Gasteiger partial charge in [-0.3, -0.25) is 4.79 Å². The minimum absolute atomic E-state index is 0.000113. The number of amides is 1. The third-order valence-corrected chi connectivity index (χ3v) is 3.65. The molecule has 3 nitrogen and oxygen atoms in total. The lowest BCUT2D eigenvalue weighted by Crippen LogP contribution is -2.40. The van der Waals surface area contributed by atoms with Gasteiger partial charge in [0, 0.05) is 0 Å². The normalized spacial score (nSPS) is 16.6. The molecule has 2 rings (SSSR count). The molecule has 5 heteroatoms. The standard InChI is InChI=1S/C12H13Cl2NO2/c13-9-2-1-8(5-10(9)14)6-11(17)15-12(7-16)3-4-12/h1-2,5,16H,3-4,6-7H2,(H,15,17). The molecule has 1 aromatic carbocycles. The number of carbonyl (C=O) groups excluding carboxylic acids is 1. The van der Waals surface area contributed by atoms with Gasteiger partial charge in [-0.15, -0.1) is 0 Å². The van der Waals surface area contributed by atoms with E-state index in [1.807, 2.05) is 0 Å². The number of hydrogen-bond acceptors (Lipinski definition) is 2. The van der Waals surface area contributed by atoms with Gasteiger partial charge in [0.05, 0.1) is 28.6 Å². The minimum Gasteiger partial charge on any atom is -0.394 e. The van der Waals surface area contributed by atoms with Crippen LogP contribution in [0.3, 0.4) is 0 Å². The van der Waals surface area contributed by atoms with E-state index >= 15 is 0 Å². The largest absolute Gasteiger partial charge is 0.394 e. The molecular weight excluding hydrogens is 261 g/mol. The number of aliphatic hydroxyl groups is 1. The fraction of sp³-hybridized carbons (Fsp3) is 0.417. The van der Waals surface area contributed by atoms with Crippen molar-refractivity contribution in [2.45, 2.75) is 24.8 Å². The van der Waals surface area contributed by atoms with Crippen LogP contribution in [0.1, 0.15) is 18.4 Å². The molecule has 0 bridgehead atoms. The van der Waals surface area contributed by atoms with Gasteiger partial charge in [-0.05, 0) is 30.5 Å². The maximum atomic E-state index is 11.7. The fourth-order valence-corrected chi connectivity index (χ4v) is 1.97. The molecule has 1 fully saturated rings. The molecule has 0 unspecified atom stereocenters. The maximum absolute atomic E-state index is 11.7. The summed E-state index contributed by atoms with van der Waals surface area (Å²) in [6.45, 7) is 0.000113. The SMILES string of the molecule is O=C(Cc1ccc(Cl)c(Cl)c1)NC1(CO)CC1. The van der Waals surface area contributed by atoms with Crippen molar-refractivity contribution in [2.24, 2.45) is 0 Å². The molecule has 0 heterocycles. The van der Waals surface area contributed by atoms with E-state index in [4.69, 9.17) is 28.3 Å². The molecule has 2 N–H and O–H groups in total. The molecule has 92 valence electrons. The Kier molecular flexibility index (Phi) is 3.61. The van der Waals surface area contributed by atoms with Crippen molar-refractivity contribution < 1.29 is 9.90 Å². The summed E-state index contributed by atoms with van der Waals surface area (Å²) < 4.78 is 0. The molecule has 1 aliphatic rings. The molecule has 1 aromatic rings. The number of carbonyl (C=O) groups is 1. The van der Waals surface area contributed by atoms with Crippen molar-refractivity contribution in [1.29, 1.82) is 0 Å². The highest BCUT2D eigenvalue weighted by atomic mass is 35.5. The molecule has 1 saturated carbocycles. The van der Waals surface area contributed by atoms with Crippen LogP contribution in [-0.4, -0.2) is 23.2 Å². The Bertz CT molecular complexity index is 444. The zero-order valence-corrected chi connectivity index (χ0v) is 10.7. The third-order valence-electron chi connectivity index (χ3n) is 2.91. The second kappa shape index (κ2) is 4.84. The summed E-state index contributed by atoms with van der Waals surface area (Å²) in [7, 11) is 0. The van der Waals surface area contributed by atoms with E-state index in [9.17, 15) is 4.79 Å². The van der Waals surface area contributed by atoms with Gasteiger partial charge < -0.3 is 10.4 Å². The zero-order chi connectivity index (χ0) is 12.5. The van der Waals surface area contributed by atoms with Crippen molar-refractivity contribution in [3.63, 3.8) is 0 Å². The molecule has 0 radical (unpaired) electrons. The van der Waals surface area contributed by atoms with Gasteiger partial charge in [0.2, 0.25) is 5.91 Å². The number of rotatable bonds is 4. The maximum Gasteiger partial charge on any atom is 0.224 e. The number of nitrogens with one attached hydrogen (secondary N) is 1. The van der Waals surface area contributed by atoms with Gasteiger partial charge in [-0.25, -0.2) is 0 Å². The highest BCUT2D eigenvalue weighted by Gasteiger charge is 2.43. The van der Waals surface area contributed by atoms with Crippen LogP contribution in [0.25, 0.3) is 0 Å². The van der Waals surface area contributed by atoms with E-state index in [-0.39, 0.29) is 24.5 Å². The molecule has 0 spiro atoms. The summed E-state index contributed by atoms with van der Waals surface area (Å²) >= 11 is 11.7. The average Bonchev–Trinajstić information content (AvgIpc) is 3.04. The van der Waals surface area contributed by atoms with Crippen molar-refractivity contribution in [3.05, 3.63) is 33.8 Å². The number of aliphatic hydroxyl groups excluding tert-OH is 1. The van der Waals surface area contributed by atoms with Gasteiger partial charge in [0.15, 0.2) is 0 Å². The third kappa shape index (κ3) is 3.12. The number of hydrogen-bond donors (Lipinski definition) is 2. The van der Waals surface area contributed by atoms with E-state index in [0.29, 0.717) is 10.0 Å². The average molecular weight is 274 g/mol. The monoisotopic (exact) mass is 273 g/mol. The van der Waals surface area contributed by atoms with E-state index in [1.165, 1.54) is 0 Å². The first kappa shape index (κ1) is 12.7. The fourth-order valence-electron chi connectivity index (χ4n) is 1.65. The van der Waals surface area contributed by atoms with Gasteiger partial charge >= 0.3 is 0 Å². The van der Waals surface area contributed by atoms with Crippen LogP contribution in [0, 0.1) is 0 Å². The van der Waals surface area contributed by atoms with E-state index in [1.54, 1.807) is 18.2 Å². The smallest absolute Gasteiger partial charge is 0.224 e. The highest BCUT2D eigenvalue weighted by molar-refractivity contribution is 6.42. The van der Waals surface area contributed by atoms with Crippen LogP contribution >= 0.6 is 23.2 Å². The number of benzene rings is 1. The first-order valence-electron chi connectivity index (χ1n) is 5.40. The molecule has 0 saturated heterocycles. The summed E-state index contributed by atoms with van der Waals surface area (Å²) in [5, 5.41) is 12.9. The lowest BCUT2D eigenvalue weighted by atomic mass is 10.1. The van der Waals surface area contributed by atoms with Gasteiger partial charge in [-0.2, -0.15) is 0 Å². The Morgan fingerprint density at radius 3 is 2.59 bits per heavy atom. The van der Waals surface area contributed by atoms with E-state index < -0.39 is 0 Å². The van der Waals surface area contributed by atoms with E-state index in [0.717, 1.165) is 18.4 Å². The Morgan fingerprint density at radius 1 is 1.35 bits per heavy atom. The van der Waals surface area contributed by atoms with Crippen molar-refractivity contribution >= 4 is 29.1 Å². The summed E-state index contributed by atoms with van der Waals surface area (Å²) in [5.41, 5.74) is 0.443. The minimum atomic E-state index is -0.368.